The highest BCUT2D eigenvalue weighted by Gasteiger charge is 2.14. The molecule has 1 saturated carbocycles. The second-order valence-electron chi connectivity index (χ2n) is 7.04. The summed E-state index contributed by atoms with van der Waals surface area (Å²) in [6, 6.07) is 16.9. The van der Waals surface area contributed by atoms with E-state index in [1.165, 1.54) is 43.2 Å². The molecule has 1 heterocycles. The van der Waals surface area contributed by atoms with Crippen LogP contribution in [0.1, 0.15) is 49.1 Å². The van der Waals surface area contributed by atoms with E-state index in [-0.39, 0.29) is 5.56 Å². The first-order chi connectivity index (χ1) is 12.3. The third kappa shape index (κ3) is 3.60. The summed E-state index contributed by atoms with van der Waals surface area (Å²) in [5.74, 6) is 0.759. The predicted octanol–water partition coefficient (Wildman–Crippen LogP) is 5.19. The zero-order valence-electron chi connectivity index (χ0n) is 14.4. The van der Waals surface area contributed by atoms with Crippen molar-refractivity contribution in [2.75, 3.05) is 5.32 Å². The fourth-order valence-electron chi connectivity index (χ4n) is 3.85. The maximum absolute atomic E-state index is 11.8. The fourth-order valence-corrected chi connectivity index (χ4v) is 3.85. The summed E-state index contributed by atoms with van der Waals surface area (Å²) in [6.45, 7) is 0.791. The van der Waals surface area contributed by atoms with Gasteiger partial charge in [0.1, 0.15) is 0 Å². The zero-order valence-corrected chi connectivity index (χ0v) is 14.4. The lowest BCUT2D eigenvalue weighted by Gasteiger charge is -2.22. The minimum absolute atomic E-state index is 0.0395. The molecule has 3 nitrogen and oxygen atoms in total. The minimum Gasteiger partial charge on any atom is -0.381 e. The van der Waals surface area contributed by atoms with E-state index in [0.717, 1.165) is 28.9 Å². The molecule has 3 aromatic rings. The van der Waals surface area contributed by atoms with E-state index in [0.29, 0.717) is 0 Å². The molecular weight excluding hydrogens is 308 g/mol. The first kappa shape index (κ1) is 15.9. The molecule has 128 valence electrons. The van der Waals surface area contributed by atoms with Crippen molar-refractivity contribution in [3.63, 3.8) is 0 Å². The van der Waals surface area contributed by atoms with Crippen molar-refractivity contribution in [1.29, 1.82) is 0 Å². The van der Waals surface area contributed by atoms with E-state index >= 15 is 0 Å². The lowest BCUT2D eigenvalue weighted by Crippen LogP contribution is -2.06. The molecule has 1 aliphatic rings. The maximum Gasteiger partial charge on any atom is 0.255 e. The average Bonchev–Trinajstić information content (AvgIpc) is 2.68. The van der Waals surface area contributed by atoms with E-state index < -0.39 is 0 Å². The number of nitrogens with one attached hydrogen (secondary N) is 2. The second-order valence-corrected chi connectivity index (χ2v) is 7.04. The minimum atomic E-state index is -0.0395. The largest absolute Gasteiger partial charge is 0.381 e. The van der Waals surface area contributed by atoms with Gasteiger partial charge in [-0.2, -0.15) is 0 Å². The number of aromatic nitrogens is 1. The highest BCUT2D eigenvalue weighted by molar-refractivity contribution is 5.84. The van der Waals surface area contributed by atoms with Crippen LogP contribution in [-0.4, -0.2) is 4.98 Å². The molecule has 0 aliphatic heterocycles. The molecule has 2 aromatic carbocycles. The van der Waals surface area contributed by atoms with Crippen molar-refractivity contribution in [3.8, 4) is 0 Å². The average molecular weight is 332 g/mol. The Balaban J connectivity index is 1.43. The number of pyridine rings is 1. The van der Waals surface area contributed by atoms with Crippen LogP contribution in [0.15, 0.2) is 59.5 Å². The van der Waals surface area contributed by atoms with Crippen LogP contribution >= 0.6 is 0 Å². The number of rotatable bonds is 4. The molecule has 0 unspecified atom stereocenters. The first-order valence-electron chi connectivity index (χ1n) is 9.24. The molecular formula is C22H24N2O. The van der Waals surface area contributed by atoms with Crippen LogP contribution in [0, 0.1) is 0 Å². The molecule has 0 saturated heterocycles. The van der Waals surface area contributed by atoms with Gasteiger partial charge in [0.15, 0.2) is 0 Å². The number of hydrogen-bond acceptors (Lipinski definition) is 2. The summed E-state index contributed by atoms with van der Waals surface area (Å²) in [6.07, 6.45) is 8.52. The van der Waals surface area contributed by atoms with Crippen molar-refractivity contribution >= 4 is 16.5 Å². The van der Waals surface area contributed by atoms with Gasteiger partial charge in [0.25, 0.3) is 5.56 Å². The molecule has 2 N–H and O–H groups in total. The van der Waals surface area contributed by atoms with Crippen LogP contribution in [0.25, 0.3) is 10.8 Å². The smallest absolute Gasteiger partial charge is 0.255 e. The summed E-state index contributed by atoms with van der Waals surface area (Å²) in [5.41, 5.74) is 3.77. The van der Waals surface area contributed by atoms with Crippen molar-refractivity contribution in [3.05, 3.63) is 76.2 Å². The molecule has 0 atom stereocenters. The highest BCUT2D eigenvalue weighted by Crippen LogP contribution is 2.32. The van der Waals surface area contributed by atoms with E-state index in [9.17, 15) is 4.79 Å². The molecule has 0 spiro atoms. The lowest BCUT2D eigenvalue weighted by molar-refractivity contribution is 0.443. The van der Waals surface area contributed by atoms with Gasteiger partial charge in [0.05, 0.1) is 0 Å². The Hall–Kier alpha value is -2.55. The predicted molar refractivity (Wildman–Crippen MR) is 104 cm³/mol. The molecule has 0 radical (unpaired) electrons. The molecule has 3 heteroatoms. The Kier molecular flexibility index (Phi) is 4.55. The molecule has 1 aliphatic carbocycles. The summed E-state index contributed by atoms with van der Waals surface area (Å²) < 4.78 is 0. The van der Waals surface area contributed by atoms with Crippen LogP contribution in [0.5, 0.6) is 0 Å². The molecule has 0 bridgehead atoms. The van der Waals surface area contributed by atoms with Crippen LogP contribution in [-0.2, 0) is 6.54 Å². The summed E-state index contributed by atoms with van der Waals surface area (Å²) in [5, 5.41) is 5.15. The van der Waals surface area contributed by atoms with E-state index in [4.69, 9.17) is 0 Å². The van der Waals surface area contributed by atoms with E-state index in [1.807, 2.05) is 24.3 Å². The van der Waals surface area contributed by atoms with E-state index in [2.05, 4.69) is 34.6 Å². The summed E-state index contributed by atoms with van der Waals surface area (Å²) in [4.78, 5) is 14.5. The quantitative estimate of drug-likeness (QED) is 0.691. The number of aromatic amines is 1. The summed E-state index contributed by atoms with van der Waals surface area (Å²) in [7, 11) is 0. The zero-order chi connectivity index (χ0) is 17.1. The molecule has 4 rings (SSSR count). The van der Waals surface area contributed by atoms with Crippen LogP contribution in [0.4, 0.5) is 5.69 Å². The molecule has 1 aromatic heterocycles. The Morgan fingerprint density at radius 3 is 2.56 bits per heavy atom. The monoisotopic (exact) mass is 332 g/mol. The standard InChI is InChI=1S/C22H24N2O/c25-22-21-11-10-20(14-19(21)12-13-23-22)24-15-16-6-8-18(9-7-16)17-4-2-1-3-5-17/h6-14,17,24H,1-5,15H2,(H,23,25). The fraction of sp³-hybridized carbons (Fsp3) is 0.318. The van der Waals surface area contributed by atoms with Crippen LogP contribution in [0.2, 0.25) is 0 Å². The molecule has 0 amide bonds. The molecule has 1 fully saturated rings. The first-order valence-corrected chi connectivity index (χ1v) is 9.24. The summed E-state index contributed by atoms with van der Waals surface area (Å²) >= 11 is 0. The van der Waals surface area contributed by atoms with Gasteiger partial charge in [-0.15, -0.1) is 0 Å². The van der Waals surface area contributed by atoms with Gasteiger partial charge in [-0.1, -0.05) is 43.5 Å². The third-order valence-corrected chi connectivity index (χ3v) is 5.33. The van der Waals surface area contributed by atoms with Crippen molar-refractivity contribution in [1.82, 2.24) is 4.98 Å². The number of anilines is 1. The lowest BCUT2D eigenvalue weighted by atomic mass is 9.84. The Morgan fingerprint density at radius 2 is 1.76 bits per heavy atom. The Labute approximate surface area is 148 Å². The van der Waals surface area contributed by atoms with Crippen LogP contribution in [0.3, 0.4) is 0 Å². The van der Waals surface area contributed by atoms with Crippen LogP contribution < -0.4 is 10.9 Å². The second kappa shape index (κ2) is 7.14. The van der Waals surface area contributed by atoms with Crippen molar-refractivity contribution in [2.24, 2.45) is 0 Å². The number of benzene rings is 2. The van der Waals surface area contributed by atoms with Gasteiger partial charge in [0.2, 0.25) is 0 Å². The SMILES string of the molecule is O=c1[nH]ccc2cc(NCc3ccc(C4CCCCC4)cc3)ccc12. The van der Waals surface area contributed by atoms with Crippen molar-refractivity contribution in [2.45, 2.75) is 44.6 Å². The maximum atomic E-state index is 11.8. The van der Waals surface area contributed by atoms with Gasteiger partial charge >= 0.3 is 0 Å². The van der Waals surface area contributed by atoms with Gasteiger partial charge < -0.3 is 10.3 Å². The van der Waals surface area contributed by atoms with E-state index in [1.54, 1.807) is 6.20 Å². The third-order valence-electron chi connectivity index (χ3n) is 5.33. The topological polar surface area (TPSA) is 44.9 Å². The van der Waals surface area contributed by atoms with Crippen molar-refractivity contribution < 1.29 is 0 Å². The normalized spacial score (nSPS) is 15.4. The number of H-pyrrole nitrogens is 1. The number of fused-ring (bicyclic) bond motifs is 1. The Morgan fingerprint density at radius 1 is 0.960 bits per heavy atom. The van der Waals surface area contributed by atoms with Gasteiger partial charge in [0, 0.05) is 23.8 Å². The van der Waals surface area contributed by atoms with Gasteiger partial charge in [-0.25, -0.2) is 0 Å². The van der Waals surface area contributed by atoms with Gasteiger partial charge in [-0.3, -0.25) is 4.79 Å². The van der Waals surface area contributed by atoms with Gasteiger partial charge in [-0.05, 0) is 59.5 Å². The Bertz CT molecular complexity index is 905. The highest BCUT2D eigenvalue weighted by atomic mass is 16.1. The molecule has 25 heavy (non-hydrogen) atoms. The number of hydrogen-bond donors (Lipinski definition) is 2.